The molecule has 2 aromatic rings. The first-order valence-corrected chi connectivity index (χ1v) is 9.66. The van der Waals surface area contributed by atoms with E-state index in [-0.39, 0.29) is 11.8 Å². The third-order valence-electron chi connectivity index (χ3n) is 4.45. The Labute approximate surface area is 162 Å². The third-order valence-corrected chi connectivity index (χ3v) is 4.45. The average Bonchev–Trinajstić information content (AvgIpc) is 2.69. The van der Waals surface area contributed by atoms with Gasteiger partial charge >= 0.3 is 0 Å². The number of carbonyl (C=O) groups excluding carboxylic acids is 2. The average molecular weight is 367 g/mol. The number of benzene rings is 2. The van der Waals surface area contributed by atoms with Crippen molar-refractivity contribution in [1.29, 1.82) is 0 Å². The maximum atomic E-state index is 13.0. The van der Waals surface area contributed by atoms with Gasteiger partial charge in [0.15, 0.2) is 0 Å². The number of amides is 2. The summed E-state index contributed by atoms with van der Waals surface area (Å²) in [5.41, 5.74) is 2.07. The highest BCUT2D eigenvalue weighted by atomic mass is 16.2. The molecule has 0 fully saturated rings. The second kappa shape index (κ2) is 10.5. The topological polar surface area (TPSA) is 49.4 Å². The Balaban J connectivity index is 2.29. The summed E-state index contributed by atoms with van der Waals surface area (Å²) < 4.78 is 0. The normalized spacial score (nSPS) is 11.9. The molecule has 2 amide bonds. The largest absolute Gasteiger partial charge is 0.354 e. The van der Waals surface area contributed by atoms with Crippen LogP contribution in [0.25, 0.3) is 0 Å². The second-order valence-corrected chi connectivity index (χ2v) is 7.21. The Morgan fingerprint density at radius 1 is 0.926 bits per heavy atom. The lowest BCUT2D eigenvalue weighted by Crippen LogP contribution is -2.50. The SMILES string of the molecule is CCC(=O)N(Cc1ccccc1)[C@@H](Cc1ccccc1)C(=O)NCC(C)C. The molecule has 144 valence electrons. The third kappa shape index (κ3) is 6.55. The summed E-state index contributed by atoms with van der Waals surface area (Å²) in [7, 11) is 0. The molecule has 27 heavy (non-hydrogen) atoms. The van der Waals surface area contributed by atoms with Crippen molar-refractivity contribution in [3.8, 4) is 0 Å². The number of hydrogen-bond acceptors (Lipinski definition) is 2. The number of nitrogens with zero attached hydrogens (tertiary/aromatic N) is 1. The first-order valence-electron chi connectivity index (χ1n) is 9.66. The number of carbonyl (C=O) groups is 2. The minimum Gasteiger partial charge on any atom is -0.354 e. The van der Waals surface area contributed by atoms with Gasteiger partial charge in [0.2, 0.25) is 11.8 Å². The summed E-state index contributed by atoms with van der Waals surface area (Å²) in [5, 5.41) is 3.01. The van der Waals surface area contributed by atoms with Crippen molar-refractivity contribution in [2.24, 2.45) is 5.92 Å². The fourth-order valence-electron chi connectivity index (χ4n) is 2.96. The Morgan fingerprint density at radius 2 is 1.48 bits per heavy atom. The molecule has 0 bridgehead atoms. The van der Waals surface area contributed by atoms with Crippen LogP contribution < -0.4 is 5.32 Å². The fraction of sp³-hybridized carbons (Fsp3) is 0.391. The van der Waals surface area contributed by atoms with Gasteiger partial charge in [-0.3, -0.25) is 9.59 Å². The molecule has 0 aliphatic rings. The summed E-state index contributed by atoms with van der Waals surface area (Å²) in [6.07, 6.45) is 0.874. The van der Waals surface area contributed by atoms with E-state index >= 15 is 0 Å². The maximum Gasteiger partial charge on any atom is 0.243 e. The second-order valence-electron chi connectivity index (χ2n) is 7.21. The van der Waals surface area contributed by atoms with Gasteiger partial charge in [-0.2, -0.15) is 0 Å². The van der Waals surface area contributed by atoms with Crippen LogP contribution in [0.1, 0.15) is 38.3 Å². The van der Waals surface area contributed by atoms with Gasteiger partial charge < -0.3 is 10.2 Å². The summed E-state index contributed by atoms with van der Waals surface area (Å²) in [5.74, 6) is 0.251. The predicted octanol–water partition coefficient (Wildman–Crippen LogP) is 3.81. The quantitative estimate of drug-likeness (QED) is 0.734. The van der Waals surface area contributed by atoms with E-state index < -0.39 is 6.04 Å². The standard InChI is InChI=1S/C23H30N2O2/c1-4-22(26)25(17-20-13-9-6-10-14-20)21(23(27)24-16-18(2)3)15-19-11-7-5-8-12-19/h5-14,18,21H,4,15-17H2,1-3H3,(H,24,27)/t21-/m0/s1. The molecule has 2 aromatic carbocycles. The van der Waals surface area contributed by atoms with Gasteiger partial charge in [-0.25, -0.2) is 0 Å². The summed E-state index contributed by atoms with van der Waals surface area (Å²) in [6, 6.07) is 19.2. The Morgan fingerprint density at radius 3 is 2.00 bits per heavy atom. The minimum atomic E-state index is -0.529. The van der Waals surface area contributed by atoms with Gasteiger partial charge in [-0.15, -0.1) is 0 Å². The zero-order chi connectivity index (χ0) is 19.6. The number of hydrogen-bond donors (Lipinski definition) is 1. The molecular weight excluding hydrogens is 336 g/mol. The minimum absolute atomic E-state index is 0.0144. The first kappa shape index (κ1) is 20.7. The van der Waals surface area contributed by atoms with Gasteiger partial charge in [-0.05, 0) is 17.0 Å². The van der Waals surface area contributed by atoms with Crippen LogP contribution in [-0.4, -0.2) is 29.3 Å². The van der Waals surface area contributed by atoms with E-state index in [0.717, 1.165) is 11.1 Å². The van der Waals surface area contributed by atoms with E-state index in [4.69, 9.17) is 0 Å². The lowest BCUT2D eigenvalue weighted by molar-refractivity contribution is -0.141. The molecule has 0 radical (unpaired) electrons. The van der Waals surface area contributed by atoms with E-state index in [2.05, 4.69) is 19.2 Å². The van der Waals surface area contributed by atoms with Crippen LogP contribution in [0, 0.1) is 5.92 Å². The summed E-state index contributed by atoms with van der Waals surface area (Å²) in [4.78, 5) is 27.5. The van der Waals surface area contributed by atoms with Gasteiger partial charge in [0.1, 0.15) is 6.04 Å². The molecule has 2 rings (SSSR count). The lowest BCUT2D eigenvalue weighted by Gasteiger charge is -2.31. The molecule has 1 atom stereocenters. The molecule has 0 heterocycles. The summed E-state index contributed by atoms with van der Waals surface area (Å²) in [6.45, 7) is 6.99. The van der Waals surface area contributed by atoms with Gasteiger partial charge in [0.05, 0.1) is 0 Å². The Hall–Kier alpha value is -2.62. The van der Waals surface area contributed by atoms with Crippen LogP contribution in [0.15, 0.2) is 60.7 Å². The molecule has 1 N–H and O–H groups in total. The molecule has 0 aromatic heterocycles. The molecular formula is C23H30N2O2. The van der Waals surface area contributed by atoms with Crippen LogP contribution in [0.2, 0.25) is 0 Å². The zero-order valence-corrected chi connectivity index (χ0v) is 16.5. The first-order chi connectivity index (χ1) is 13.0. The number of nitrogens with one attached hydrogen (secondary N) is 1. The van der Waals surface area contributed by atoms with Gasteiger partial charge in [0.25, 0.3) is 0 Å². The molecule has 0 saturated carbocycles. The fourth-order valence-corrected chi connectivity index (χ4v) is 2.96. The van der Waals surface area contributed by atoms with E-state index in [1.165, 1.54) is 0 Å². The highest BCUT2D eigenvalue weighted by Gasteiger charge is 2.29. The molecule has 0 spiro atoms. The van der Waals surface area contributed by atoms with Crippen LogP contribution in [0.3, 0.4) is 0 Å². The summed E-state index contributed by atoms with van der Waals surface area (Å²) >= 11 is 0. The highest BCUT2D eigenvalue weighted by molar-refractivity contribution is 5.87. The van der Waals surface area contributed by atoms with Gasteiger partial charge in [0, 0.05) is 25.9 Å². The monoisotopic (exact) mass is 366 g/mol. The van der Waals surface area contributed by atoms with E-state index in [0.29, 0.717) is 31.8 Å². The predicted molar refractivity (Wildman–Crippen MR) is 109 cm³/mol. The van der Waals surface area contributed by atoms with Crippen molar-refractivity contribution < 1.29 is 9.59 Å². The Kier molecular flexibility index (Phi) is 8.05. The highest BCUT2D eigenvalue weighted by Crippen LogP contribution is 2.15. The maximum absolute atomic E-state index is 13.0. The molecule has 0 aliphatic carbocycles. The van der Waals surface area contributed by atoms with E-state index in [1.54, 1.807) is 4.90 Å². The van der Waals surface area contributed by atoms with Gasteiger partial charge in [-0.1, -0.05) is 81.4 Å². The molecule has 0 unspecified atom stereocenters. The molecule has 0 saturated heterocycles. The van der Waals surface area contributed by atoms with Crippen LogP contribution >= 0.6 is 0 Å². The van der Waals surface area contributed by atoms with Crippen molar-refractivity contribution in [3.05, 3.63) is 71.8 Å². The van der Waals surface area contributed by atoms with Crippen molar-refractivity contribution in [2.75, 3.05) is 6.54 Å². The van der Waals surface area contributed by atoms with Crippen LogP contribution in [-0.2, 0) is 22.6 Å². The molecule has 4 heteroatoms. The van der Waals surface area contributed by atoms with E-state index in [1.807, 2.05) is 67.6 Å². The van der Waals surface area contributed by atoms with Crippen molar-refractivity contribution in [1.82, 2.24) is 10.2 Å². The van der Waals surface area contributed by atoms with Crippen LogP contribution in [0.5, 0.6) is 0 Å². The van der Waals surface area contributed by atoms with Crippen LogP contribution in [0.4, 0.5) is 0 Å². The number of rotatable bonds is 9. The zero-order valence-electron chi connectivity index (χ0n) is 16.5. The lowest BCUT2D eigenvalue weighted by atomic mass is 10.0. The van der Waals surface area contributed by atoms with Crippen molar-refractivity contribution >= 4 is 11.8 Å². The van der Waals surface area contributed by atoms with Crippen molar-refractivity contribution in [3.63, 3.8) is 0 Å². The van der Waals surface area contributed by atoms with Crippen molar-refractivity contribution in [2.45, 2.75) is 46.2 Å². The Bertz CT molecular complexity index is 714. The molecule has 4 nitrogen and oxygen atoms in total. The smallest absolute Gasteiger partial charge is 0.243 e. The van der Waals surface area contributed by atoms with E-state index in [9.17, 15) is 9.59 Å². The molecule has 0 aliphatic heterocycles.